The largest absolute Gasteiger partial charge is 0.508 e. The molecule has 0 unspecified atom stereocenters. The standard InChI is InChI=1S/C22H23Br2NO7/c1-11(2)14-10-13(3-5-18(14)26)32-21-15(23)7-12(8-16(21)24)9-19(27)25-17(22(30)31)4-6-20(28)29/h3,5,7-8,10-11,17,26H,4,6,9H2,1-2H3,(H,25,27)(H,28,29)(H,30,31)/t17-/m1/s1. The third-order valence-electron chi connectivity index (χ3n) is 4.54. The molecule has 4 N–H and O–H groups in total. The maximum absolute atomic E-state index is 12.3. The average Bonchev–Trinajstić information content (AvgIpc) is 2.68. The summed E-state index contributed by atoms with van der Waals surface area (Å²) in [7, 11) is 0. The van der Waals surface area contributed by atoms with Gasteiger partial charge in [0.1, 0.15) is 17.5 Å². The second kappa shape index (κ2) is 11.3. The van der Waals surface area contributed by atoms with E-state index in [0.717, 1.165) is 5.56 Å². The first-order valence-electron chi connectivity index (χ1n) is 9.70. The van der Waals surface area contributed by atoms with Gasteiger partial charge in [0.2, 0.25) is 5.91 Å². The zero-order chi connectivity index (χ0) is 24.0. The van der Waals surface area contributed by atoms with Crippen molar-refractivity contribution >= 4 is 49.7 Å². The molecule has 2 aromatic rings. The lowest BCUT2D eigenvalue weighted by molar-refractivity contribution is -0.143. The van der Waals surface area contributed by atoms with Crippen molar-refractivity contribution in [3.63, 3.8) is 0 Å². The van der Waals surface area contributed by atoms with Gasteiger partial charge in [0.15, 0.2) is 5.75 Å². The molecule has 0 aliphatic heterocycles. The van der Waals surface area contributed by atoms with Gasteiger partial charge in [0.05, 0.1) is 15.4 Å². The topological polar surface area (TPSA) is 133 Å². The summed E-state index contributed by atoms with van der Waals surface area (Å²) in [5.74, 6) is -1.68. The molecule has 0 heterocycles. The van der Waals surface area contributed by atoms with E-state index in [1.807, 2.05) is 13.8 Å². The van der Waals surface area contributed by atoms with E-state index in [2.05, 4.69) is 37.2 Å². The Morgan fingerprint density at radius 3 is 2.22 bits per heavy atom. The van der Waals surface area contributed by atoms with Gasteiger partial charge in [0, 0.05) is 12.0 Å². The van der Waals surface area contributed by atoms with Crippen LogP contribution in [0.4, 0.5) is 0 Å². The molecule has 0 bridgehead atoms. The minimum atomic E-state index is -1.29. The zero-order valence-corrected chi connectivity index (χ0v) is 20.6. The van der Waals surface area contributed by atoms with E-state index in [9.17, 15) is 24.6 Å². The molecule has 0 saturated carbocycles. The van der Waals surface area contributed by atoms with E-state index in [1.54, 1.807) is 30.3 Å². The number of carbonyl (C=O) groups excluding carboxylic acids is 1. The van der Waals surface area contributed by atoms with Crippen molar-refractivity contribution in [2.45, 2.75) is 45.1 Å². The van der Waals surface area contributed by atoms with Crippen LogP contribution in [0.2, 0.25) is 0 Å². The first-order valence-corrected chi connectivity index (χ1v) is 11.3. The lowest BCUT2D eigenvalue weighted by atomic mass is 10.0. The van der Waals surface area contributed by atoms with Crippen LogP contribution in [0, 0.1) is 0 Å². The van der Waals surface area contributed by atoms with E-state index in [-0.39, 0.29) is 30.9 Å². The third kappa shape index (κ3) is 7.23. The number of ether oxygens (including phenoxy) is 1. The minimum Gasteiger partial charge on any atom is -0.508 e. The van der Waals surface area contributed by atoms with Crippen LogP contribution in [0.3, 0.4) is 0 Å². The van der Waals surface area contributed by atoms with Crippen molar-refractivity contribution in [1.82, 2.24) is 5.32 Å². The van der Waals surface area contributed by atoms with Crippen molar-refractivity contribution in [2.75, 3.05) is 0 Å². The highest BCUT2D eigenvalue weighted by Gasteiger charge is 2.21. The summed E-state index contributed by atoms with van der Waals surface area (Å²) in [6, 6.07) is 7.03. The minimum absolute atomic E-state index is 0.106. The lowest BCUT2D eigenvalue weighted by Gasteiger charge is -2.16. The van der Waals surface area contributed by atoms with Gasteiger partial charge in [0.25, 0.3) is 0 Å². The molecule has 0 aliphatic carbocycles. The fourth-order valence-electron chi connectivity index (χ4n) is 2.94. The number of hydrogen-bond acceptors (Lipinski definition) is 5. The average molecular weight is 573 g/mol. The number of carboxylic acid groups (broad SMARTS) is 2. The molecule has 0 spiro atoms. The molecule has 0 aliphatic rings. The summed E-state index contributed by atoms with van der Waals surface area (Å²) >= 11 is 6.85. The molecule has 2 aromatic carbocycles. The third-order valence-corrected chi connectivity index (χ3v) is 5.72. The SMILES string of the molecule is CC(C)c1cc(Oc2c(Br)cc(CC(=O)N[C@H](CCC(=O)O)C(=O)O)cc2Br)ccc1O. The molecule has 32 heavy (non-hydrogen) atoms. The molecule has 0 radical (unpaired) electrons. The highest BCUT2D eigenvalue weighted by molar-refractivity contribution is 9.11. The van der Waals surface area contributed by atoms with Crippen LogP contribution in [-0.2, 0) is 20.8 Å². The van der Waals surface area contributed by atoms with Crippen LogP contribution in [0.15, 0.2) is 39.3 Å². The van der Waals surface area contributed by atoms with Gasteiger partial charge in [-0.15, -0.1) is 0 Å². The Bertz CT molecular complexity index is 1000. The number of nitrogens with one attached hydrogen (secondary N) is 1. The predicted molar refractivity (Wildman–Crippen MR) is 124 cm³/mol. The van der Waals surface area contributed by atoms with Crippen molar-refractivity contribution in [3.05, 3.63) is 50.4 Å². The number of aliphatic carboxylic acids is 2. The van der Waals surface area contributed by atoms with Gasteiger partial charge < -0.3 is 25.4 Å². The zero-order valence-electron chi connectivity index (χ0n) is 17.4. The van der Waals surface area contributed by atoms with Crippen LogP contribution >= 0.6 is 31.9 Å². The summed E-state index contributed by atoms with van der Waals surface area (Å²) in [5, 5.41) is 30.2. The Labute approximate surface area is 201 Å². The first-order chi connectivity index (χ1) is 15.0. The Balaban J connectivity index is 2.13. The number of rotatable bonds is 10. The van der Waals surface area contributed by atoms with E-state index >= 15 is 0 Å². The number of phenols is 1. The summed E-state index contributed by atoms with van der Waals surface area (Å²) in [6.45, 7) is 3.92. The molecule has 10 heteroatoms. The molecule has 8 nitrogen and oxygen atoms in total. The number of halogens is 2. The normalized spacial score (nSPS) is 11.8. The summed E-state index contributed by atoms with van der Waals surface area (Å²) in [4.78, 5) is 34.2. The maximum Gasteiger partial charge on any atom is 0.326 e. The highest BCUT2D eigenvalue weighted by atomic mass is 79.9. The fraction of sp³-hybridized carbons (Fsp3) is 0.318. The van der Waals surface area contributed by atoms with Gasteiger partial charge in [-0.05, 0) is 80.1 Å². The van der Waals surface area contributed by atoms with Crippen molar-refractivity contribution < 1.29 is 34.4 Å². The summed E-state index contributed by atoms with van der Waals surface area (Å²) in [5.41, 5.74) is 1.34. The van der Waals surface area contributed by atoms with Crippen LogP contribution in [0.1, 0.15) is 43.7 Å². The Kier molecular flexibility index (Phi) is 9.09. The summed E-state index contributed by atoms with van der Waals surface area (Å²) < 4.78 is 7.09. The van der Waals surface area contributed by atoms with E-state index in [1.165, 1.54) is 0 Å². The van der Waals surface area contributed by atoms with Gasteiger partial charge in [-0.2, -0.15) is 0 Å². The van der Waals surface area contributed by atoms with E-state index < -0.39 is 23.9 Å². The Morgan fingerprint density at radius 1 is 1.06 bits per heavy atom. The van der Waals surface area contributed by atoms with E-state index in [0.29, 0.717) is 26.0 Å². The number of carboxylic acids is 2. The number of aromatic hydroxyl groups is 1. The van der Waals surface area contributed by atoms with Crippen molar-refractivity contribution in [3.8, 4) is 17.2 Å². The van der Waals surface area contributed by atoms with Crippen LogP contribution in [0.5, 0.6) is 17.2 Å². The van der Waals surface area contributed by atoms with Crippen LogP contribution < -0.4 is 10.1 Å². The molecular formula is C22H23Br2NO7. The number of benzene rings is 2. The number of hydrogen-bond donors (Lipinski definition) is 4. The second-order valence-corrected chi connectivity index (χ2v) is 9.14. The molecule has 0 fully saturated rings. The van der Waals surface area contributed by atoms with E-state index in [4.69, 9.17) is 9.84 Å². The first kappa shape index (κ1) is 25.7. The molecule has 1 amide bonds. The molecule has 1 atom stereocenters. The molecule has 172 valence electrons. The maximum atomic E-state index is 12.3. The van der Waals surface area contributed by atoms with Crippen molar-refractivity contribution in [2.24, 2.45) is 0 Å². The van der Waals surface area contributed by atoms with Crippen molar-refractivity contribution in [1.29, 1.82) is 0 Å². The Hall–Kier alpha value is -2.59. The monoisotopic (exact) mass is 571 g/mol. The Morgan fingerprint density at radius 2 is 1.69 bits per heavy atom. The van der Waals surface area contributed by atoms with Gasteiger partial charge in [-0.3, -0.25) is 9.59 Å². The number of amides is 1. The fourth-order valence-corrected chi connectivity index (χ4v) is 4.39. The second-order valence-electron chi connectivity index (χ2n) is 7.43. The molecular weight excluding hydrogens is 550 g/mol. The number of phenolic OH excluding ortho intramolecular Hbond substituents is 1. The smallest absolute Gasteiger partial charge is 0.326 e. The quantitative estimate of drug-likeness (QED) is 0.321. The van der Waals surface area contributed by atoms with Gasteiger partial charge >= 0.3 is 11.9 Å². The van der Waals surface area contributed by atoms with Gasteiger partial charge in [-0.25, -0.2) is 4.79 Å². The van der Waals surface area contributed by atoms with Crippen LogP contribution in [0.25, 0.3) is 0 Å². The predicted octanol–water partition coefficient (Wildman–Crippen LogP) is 4.81. The number of carbonyl (C=O) groups is 3. The molecule has 2 rings (SSSR count). The summed E-state index contributed by atoms with van der Waals surface area (Å²) in [6.07, 6.45) is -0.678. The van der Waals surface area contributed by atoms with Crippen LogP contribution in [-0.4, -0.2) is 39.2 Å². The lowest BCUT2D eigenvalue weighted by Crippen LogP contribution is -2.41. The highest BCUT2D eigenvalue weighted by Crippen LogP contribution is 2.39. The van der Waals surface area contributed by atoms with Gasteiger partial charge in [-0.1, -0.05) is 13.8 Å². The molecule has 0 aromatic heterocycles. The molecule has 0 saturated heterocycles.